The van der Waals surface area contributed by atoms with Gasteiger partial charge in [-0.3, -0.25) is 4.90 Å². The van der Waals surface area contributed by atoms with E-state index in [1.807, 2.05) is 0 Å². The molecule has 0 aliphatic heterocycles. The summed E-state index contributed by atoms with van der Waals surface area (Å²) in [6.07, 6.45) is 5.39. The first-order valence-corrected chi connectivity index (χ1v) is 6.83. The Morgan fingerprint density at radius 1 is 1.38 bits per heavy atom. The molecule has 0 aromatic heterocycles. The SMILES string of the molecule is CCNCC(C)CN(CCO)C1CCCC1. The highest BCUT2D eigenvalue weighted by Gasteiger charge is 2.23. The minimum Gasteiger partial charge on any atom is -0.395 e. The smallest absolute Gasteiger partial charge is 0.0558 e. The van der Waals surface area contributed by atoms with Gasteiger partial charge in [0.1, 0.15) is 0 Å². The van der Waals surface area contributed by atoms with Crippen LogP contribution < -0.4 is 5.32 Å². The first-order valence-electron chi connectivity index (χ1n) is 6.83. The number of nitrogens with one attached hydrogen (secondary N) is 1. The van der Waals surface area contributed by atoms with Gasteiger partial charge in [-0.2, -0.15) is 0 Å². The van der Waals surface area contributed by atoms with Gasteiger partial charge in [-0.1, -0.05) is 26.7 Å². The largest absolute Gasteiger partial charge is 0.395 e. The second kappa shape index (κ2) is 8.04. The normalized spacial score (nSPS) is 19.5. The lowest BCUT2D eigenvalue weighted by Crippen LogP contribution is -2.40. The summed E-state index contributed by atoms with van der Waals surface area (Å²) in [5, 5.41) is 12.5. The average Bonchev–Trinajstić information content (AvgIpc) is 2.79. The summed E-state index contributed by atoms with van der Waals surface area (Å²) in [7, 11) is 0. The monoisotopic (exact) mass is 228 g/mol. The van der Waals surface area contributed by atoms with E-state index in [9.17, 15) is 0 Å². The molecule has 1 atom stereocenters. The summed E-state index contributed by atoms with van der Waals surface area (Å²) in [6.45, 7) is 8.85. The maximum Gasteiger partial charge on any atom is 0.0558 e. The third kappa shape index (κ3) is 4.81. The van der Waals surface area contributed by atoms with E-state index in [2.05, 4.69) is 24.1 Å². The number of nitrogens with zero attached hydrogens (tertiary/aromatic N) is 1. The van der Waals surface area contributed by atoms with Crippen molar-refractivity contribution in [3.8, 4) is 0 Å². The quantitative estimate of drug-likeness (QED) is 0.660. The Balaban J connectivity index is 2.31. The first-order chi connectivity index (χ1) is 7.77. The van der Waals surface area contributed by atoms with Gasteiger partial charge >= 0.3 is 0 Å². The highest BCUT2D eigenvalue weighted by Crippen LogP contribution is 2.23. The van der Waals surface area contributed by atoms with Crippen molar-refractivity contribution in [1.29, 1.82) is 0 Å². The van der Waals surface area contributed by atoms with Gasteiger partial charge in [-0.05, 0) is 31.8 Å². The van der Waals surface area contributed by atoms with E-state index in [4.69, 9.17) is 5.11 Å². The maximum absolute atomic E-state index is 9.13. The van der Waals surface area contributed by atoms with Crippen LogP contribution in [0, 0.1) is 5.92 Å². The Hall–Kier alpha value is -0.120. The lowest BCUT2D eigenvalue weighted by molar-refractivity contribution is 0.134. The van der Waals surface area contributed by atoms with Crippen molar-refractivity contribution < 1.29 is 5.11 Å². The van der Waals surface area contributed by atoms with Crippen LogP contribution in [0.4, 0.5) is 0 Å². The molecule has 0 saturated heterocycles. The lowest BCUT2D eigenvalue weighted by atomic mass is 10.1. The van der Waals surface area contributed by atoms with Gasteiger partial charge in [0, 0.05) is 19.1 Å². The summed E-state index contributed by atoms with van der Waals surface area (Å²) in [5.41, 5.74) is 0. The molecule has 2 N–H and O–H groups in total. The van der Waals surface area contributed by atoms with E-state index in [1.165, 1.54) is 25.7 Å². The molecule has 1 unspecified atom stereocenters. The second-order valence-electron chi connectivity index (χ2n) is 5.07. The van der Waals surface area contributed by atoms with Crippen LogP contribution in [0.1, 0.15) is 39.5 Å². The van der Waals surface area contributed by atoms with Gasteiger partial charge in [-0.15, -0.1) is 0 Å². The van der Waals surface area contributed by atoms with E-state index >= 15 is 0 Å². The zero-order valence-electron chi connectivity index (χ0n) is 10.9. The summed E-state index contributed by atoms with van der Waals surface area (Å²) in [5.74, 6) is 0.673. The molecular formula is C13H28N2O. The number of aliphatic hydroxyl groups is 1. The Morgan fingerprint density at radius 3 is 2.62 bits per heavy atom. The third-order valence-corrected chi connectivity index (χ3v) is 3.52. The average molecular weight is 228 g/mol. The van der Waals surface area contributed by atoms with E-state index in [-0.39, 0.29) is 0 Å². The second-order valence-corrected chi connectivity index (χ2v) is 5.07. The van der Waals surface area contributed by atoms with Crippen LogP contribution in [-0.4, -0.2) is 48.8 Å². The molecule has 1 fully saturated rings. The Morgan fingerprint density at radius 2 is 2.06 bits per heavy atom. The zero-order valence-corrected chi connectivity index (χ0v) is 10.9. The Labute approximate surface area is 100 Å². The molecule has 0 aromatic rings. The van der Waals surface area contributed by atoms with Crippen LogP contribution in [0.5, 0.6) is 0 Å². The number of aliphatic hydroxyl groups excluding tert-OH is 1. The molecule has 1 aliphatic carbocycles. The minimum atomic E-state index is 0.296. The van der Waals surface area contributed by atoms with Crippen molar-refractivity contribution in [2.75, 3.05) is 32.8 Å². The van der Waals surface area contributed by atoms with Crippen molar-refractivity contribution >= 4 is 0 Å². The first kappa shape index (κ1) is 13.9. The molecule has 0 amide bonds. The Kier molecular flexibility index (Phi) is 7.01. The molecule has 0 aromatic carbocycles. The van der Waals surface area contributed by atoms with Gasteiger partial charge in [-0.25, -0.2) is 0 Å². The van der Waals surface area contributed by atoms with Gasteiger partial charge in [0.05, 0.1) is 6.61 Å². The molecule has 0 radical (unpaired) electrons. The highest BCUT2D eigenvalue weighted by atomic mass is 16.3. The molecule has 1 rings (SSSR count). The predicted molar refractivity (Wildman–Crippen MR) is 68.6 cm³/mol. The molecule has 0 spiro atoms. The topological polar surface area (TPSA) is 35.5 Å². The fourth-order valence-electron chi connectivity index (χ4n) is 2.68. The van der Waals surface area contributed by atoms with Crippen LogP contribution in [0.2, 0.25) is 0 Å². The predicted octanol–water partition coefficient (Wildman–Crippen LogP) is 1.47. The third-order valence-electron chi connectivity index (χ3n) is 3.52. The minimum absolute atomic E-state index is 0.296. The van der Waals surface area contributed by atoms with E-state index in [0.29, 0.717) is 12.5 Å². The van der Waals surface area contributed by atoms with Crippen LogP contribution in [-0.2, 0) is 0 Å². The van der Waals surface area contributed by atoms with Crippen molar-refractivity contribution in [2.45, 2.75) is 45.6 Å². The molecule has 1 aliphatic rings. The molecular weight excluding hydrogens is 200 g/mol. The van der Waals surface area contributed by atoms with E-state index < -0.39 is 0 Å². The van der Waals surface area contributed by atoms with E-state index in [1.54, 1.807) is 0 Å². The van der Waals surface area contributed by atoms with Gasteiger partial charge in [0.15, 0.2) is 0 Å². The number of hydrogen-bond donors (Lipinski definition) is 2. The van der Waals surface area contributed by atoms with Gasteiger partial charge < -0.3 is 10.4 Å². The van der Waals surface area contributed by atoms with Crippen LogP contribution in [0.3, 0.4) is 0 Å². The van der Waals surface area contributed by atoms with Crippen molar-refractivity contribution in [3.63, 3.8) is 0 Å². The summed E-state index contributed by atoms with van der Waals surface area (Å²) >= 11 is 0. The fourth-order valence-corrected chi connectivity index (χ4v) is 2.68. The standard InChI is InChI=1S/C13H28N2O/c1-3-14-10-12(2)11-15(8-9-16)13-6-4-5-7-13/h12-14,16H,3-11H2,1-2H3. The van der Waals surface area contributed by atoms with E-state index in [0.717, 1.165) is 32.2 Å². The molecule has 96 valence electrons. The number of hydrogen-bond acceptors (Lipinski definition) is 3. The van der Waals surface area contributed by atoms with Crippen LogP contribution in [0.15, 0.2) is 0 Å². The van der Waals surface area contributed by atoms with Crippen molar-refractivity contribution in [2.24, 2.45) is 5.92 Å². The van der Waals surface area contributed by atoms with Gasteiger partial charge in [0.2, 0.25) is 0 Å². The molecule has 1 saturated carbocycles. The molecule has 0 heterocycles. The van der Waals surface area contributed by atoms with Gasteiger partial charge in [0.25, 0.3) is 0 Å². The highest BCUT2D eigenvalue weighted by molar-refractivity contribution is 4.78. The Bertz CT molecular complexity index is 169. The molecule has 3 heteroatoms. The summed E-state index contributed by atoms with van der Waals surface area (Å²) in [4.78, 5) is 2.50. The molecule has 0 bridgehead atoms. The van der Waals surface area contributed by atoms with Crippen molar-refractivity contribution in [3.05, 3.63) is 0 Å². The lowest BCUT2D eigenvalue weighted by Gasteiger charge is -2.30. The maximum atomic E-state index is 9.13. The van der Waals surface area contributed by atoms with Crippen LogP contribution in [0.25, 0.3) is 0 Å². The summed E-state index contributed by atoms with van der Waals surface area (Å²) < 4.78 is 0. The summed E-state index contributed by atoms with van der Waals surface area (Å²) in [6, 6.07) is 0.733. The van der Waals surface area contributed by atoms with Crippen molar-refractivity contribution in [1.82, 2.24) is 10.2 Å². The molecule has 16 heavy (non-hydrogen) atoms. The fraction of sp³-hybridized carbons (Fsp3) is 1.00. The zero-order chi connectivity index (χ0) is 11.8. The van der Waals surface area contributed by atoms with Crippen LogP contribution >= 0.6 is 0 Å². The number of rotatable bonds is 8. The molecule has 3 nitrogen and oxygen atoms in total.